The Morgan fingerprint density at radius 3 is 2.08 bits per heavy atom. The van der Waals surface area contributed by atoms with E-state index in [0.717, 1.165) is 11.1 Å². The van der Waals surface area contributed by atoms with E-state index in [4.69, 9.17) is 46.4 Å². The molecule has 190 valence electrons. The third-order valence-corrected chi connectivity index (χ3v) is 7.13. The van der Waals surface area contributed by atoms with Gasteiger partial charge in [-0.1, -0.05) is 103 Å². The van der Waals surface area contributed by atoms with Gasteiger partial charge in [0.1, 0.15) is 6.04 Å². The first-order valence-corrected chi connectivity index (χ1v) is 13.1. The number of hydrogen-bond donors (Lipinski definition) is 1. The molecule has 3 rings (SSSR count). The first-order chi connectivity index (χ1) is 17.2. The molecule has 0 aliphatic rings. The zero-order valence-corrected chi connectivity index (χ0v) is 23.1. The maximum atomic E-state index is 13.8. The number of amides is 2. The lowest BCUT2D eigenvalue weighted by atomic mass is 10.0. The molecular formula is C28H28Cl4N2O2. The van der Waals surface area contributed by atoms with Gasteiger partial charge < -0.3 is 10.2 Å². The van der Waals surface area contributed by atoms with E-state index < -0.39 is 6.04 Å². The molecule has 0 aliphatic carbocycles. The van der Waals surface area contributed by atoms with Crippen molar-refractivity contribution < 1.29 is 9.59 Å². The second-order valence-corrected chi connectivity index (χ2v) is 10.6. The van der Waals surface area contributed by atoms with Crippen molar-refractivity contribution in [2.75, 3.05) is 6.54 Å². The van der Waals surface area contributed by atoms with Gasteiger partial charge in [0.25, 0.3) is 0 Å². The summed E-state index contributed by atoms with van der Waals surface area (Å²) in [5.74, 6) is -0.254. The topological polar surface area (TPSA) is 49.4 Å². The van der Waals surface area contributed by atoms with Crippen LogP contribution < -0.4 is 5.32 Å². The normalized spacial score (nSPS) is 11.9. The third kappa shape index (κ3) is 7.88. The molecule has 3 aromatic carbocycles. The summed E-state index contributed by atoms with van der Waals surface area (Å²) in [5.41, 5.74) is 2.20. The zero-order chi connectivity index (χ0) is 26.2. The van der Waals surface area contributed by atoms with Crippen LogP contribution >= 0.6 is 46.4 Å². The van der Waals surface area contributed by atoms with Gasteiger partial charge in [0.05, 0.1) is 16.5 Å². The van der Waals surface area contributed by atoms with Crippen molar-refractivity contribution in [3.63, 3.8) is 0 Å². The summed E-state index contributed by atoms with van der Waals surface area (Å²) in [6, 6.07) is 19.1. The maximum absolute atomic E-state index is 13.8. The van der Waals surface area contributed by atoms with Crippen LogP contribution in [0.5, 0.6) is 0 Å². The highest BCUT2D eigenvalue weighted by Gasteiger charge is 2.31. The third-order valence-electron chi connectivity index (χ3n) is 5.68. The molecule has 0 aromatic heterocycles. The lowest BCUT2D eigenvalue weighted by molar-refractivity contribution is -0.140. The van der Waals surface area contributed by atoms with Crippen molar-refractivity contribution in [1.29, 1.82) is 0 Å². The number of halogens is 4. The molecular weight excluding hydrogens is 538 g/mol. The Morgan fingerprint density at radius 2 is 1.47 bits per heavy atom. The highest BCUT2D eigenvalue weighted by atomic mass is 35.5. The lowest BCUT2D eigenvalue weighted by Crippen LogP contribution is -2.51. The Labute approximate surface area is 232 Å². The monoisotopic (exact) mass is 564 g/mol. The second kappa shape index (κ2) is 13.3. The van der Waals surface area contributed by atoms with Crippen LogP contribution in [0, 0.1) is 5.92 Å². The molecule has 4 nitrogen and oxygen atoms in total. The molecule has 0 bridgehead atoms. The van der Waals surface area contributed by atoms with Crippen LogP contribution in [0.2, 0.25) is 20.1 Å². The van der Waals surface area contributed by atoms with Crippen LogP contribution in [0.4, 0.5) is 0 Å². The summed E-state index contributed by atoms with van der Waals surface area (Å²) in [5, 5.41) is 4.58. The fraction of sp³-hybridized carbons (Fsp3) is 0.286. The van der Waals surface area contributed by atoms with Crippen molar-refractivity contribution >= 4 is 58.2 Å². The average molecular weight is 566 g/mol. The standard InChI is InChI=1S/C28H28Cl4N2O2/c1-18(2)16-33-28(36)26(14-19-7-4-3-5-8-19)34(17-20-11-12-24(31)25(32)13-20)27(35)15-21-22(29)9-6-10-23(21)30/h3-13,18,26H,14-17H2,1-2H3,(H,33,36)/t26-/m1/s1. The molecule has 2 amide bonds. The highest BCUT2D eigenvalue weighted by Crippen LogP contribution is 2.28. The molecule has 0 saturated carbocycles. The van der Waals surface area contributed by atoms with Gasteiger partial charge in [0.2, 0.25) is 11.8 Å². The van der Waals surface area contributed by atoms with Crippen LogP contribution in [-0.4, -0.2) is 29.3 Å². The number of benzene rings is 3. The predicted molar refractivity (Wildman–Crippen MR) is 149 cm³/mol. The Balaban J connectivity index is 2.01. The Bertz CT molecular complexity index is 1180. The highest BCUT2D eigenvalue weighted by molar-refractivity contribution is 6.42. The number of nitrogens with one attached hydrogen (secondary N) is 1. The van der Waals surface area contributed by atoms with Crippen LogP contribution in [0.1, 0.15) is 30.5 Å². The van der Waals surface area contributed by atoms with Crippen LogP contribution in [-0.2, 0) is 29.0 Å². The number of rotatable bonds is 10. The Hall–Kier alpha value is -2.24. The Morgan fingerprint density at radius 1 is 0.806 bits per heavy atom. The van der Waals surface area contributed by atoms with Gasteiger partial charge in [-0.25, -0.2) is 0 Å². The van der Waals surface area contributed by atoms with E-state index in [-0.39, 0.29) is 30.7 Å². The lowest BCUT2D eigenvalue weighted by Gasteiger charge is -2.32. The van der Waals surface area contributed by atoms with Gasteiger partial charge in [0, 0.05) is 29.6 Å². The zero-order valence-electron chi connectivity index (χ0n) is 20.1. The van der Waals surface area contributed by atoms with Crippen molar-refractivity contribution in [1.82, 2.24) is 10.2 Å². The summed E-state index contributed by atoms with van der Waals surface area (Å²) in [6.45, 7) is 4.69. The predicted octanol–water partition coefficient (Wildman–Crippen LogP) is 7.26. The van der Waals surface area contributed by atoms with E-state index in [2.05, 4.69) is 5.32 Å². The van der Waals surface area contributed by atoms with Crippen LogP contribution in [0.15, 0.2) is 66.7 Å². The summed E-state index contributed by atoms with van der Waals surface area (Å²) in [7, 11) is 0. The minimum Gasteiger partial charge on any atom is -0.354 e. The van der Waals surface area contributed by atoms with E-state index in [9.17, 15) is 9.59 Å². The summed E-state index contributed by atoms with van der Waals surface area (Å²) >= 11 is 25.1. The maximum Gasteiger partial charge on any atom is 0.243 e. The molecule has 0 heterocycles. The van der Waals surface area contributed by atoms with Crippen molar-refractivity contribution in [2.45, 2.75) is 39.3 Å². The fourth-order valence-corrected chi connectivity index (χ4v) is 4.62. The largest absolute Gasteiger partial charge is 0.354 e. The number of carbonyl (C=O) groups excluding carboxylic acids is 2. The van der Waals surface area contributed by atoms with Gasteiger partial charge in [-0.15, -0.1) is 0 Å². The molecule has 0 spiro atoms. The van der Waals surface area contributed by atoms with Gasteiger partial charge >= 0.3 is 0 Å². The summed E-state index contributed by atoms with van der Waals surface area (Å²) in [4.78, 5) is 28.9. The molecule has 8 heteroatoms. The SMILES string of the molecule is CC(C)CNC(=O)[C@@H](Cc1ccccc1)N(Cc1ccc(Cl)c(Cl)c1)C(=O)Cc1c(Cl)cccc1Cl. The van der Waals surface area contributed by atoms with Crippen LogP contribution in [0.25, 0.3) is 0 Å². The molecule has 0 unspecified atom stereocenters. The first kappa shape index (κ1) is 28.3. The van der Waals surface area contributed by atoms with Crippen molar-refractivity contribution in [3.8, 4) is 0 Å². The number of hydrogen-bond acceptors (Lipinski definition) is 2. The van der Waals surface area contributed by atoms with Gasteiger partial charge in [-0.2, -0.15) is 0 Å². The summed E-state index contributed by atoms with van der Waals surface area (Å²) < 4.78 is 0. The number of carbonyl (C=O) groups is 2. The smallest absolute Gasteiger partial charge is 0.243 e. The molecule has 1 N–H and O–H groups in total. The fourth-order valence-electron chi connectivity index (χ4n) is 3.77. The average Bonchev–Trinajstić information content (AvgIpc) is 2.84. The molecule has 0 saturated heterocycles. The Kier molecular flexibility index (Phi) is 10.5. The van der Waals surface area contributed by atoms with E-state index in [1.807, 2.05) is 44.2 Å². The quantitative estimate of drug-likeness (QED) is 0.281. The molecule has 1 atom stereocenters. The van der Waals surface area contributed by atoms with Crippen molar-refractivity contribution in [3.05, 3.63) is 104 Å². The first-order valence-electron chi connectivity index (χ1n) is 11.6. The second-order valence-electron chi connectivity index (χ2n) is 8.99. The van der Waals surface area contributed by atoms with Gasteiger partial charge in [0.15, 0.2) is 0 Å². The van der Waals surface area contributed by atoms with Crippen LogP contribution in [0.3, 0.4) is 0 Å². The van der Waals surface area contributed by atoms with E-state index >= 15 is 0 Å². The summed E-state index contributed by atoms with van der Waals surface area (Å²) in [6.07, 6.45) is 0.288. The van der Waals surface area contributed by atoms with Gasteiger partial charge in [-0.05, 0) is 46.9 Å². The van der Waals surface area contributed by atoms with E-state index in [1.165, 1.54) is 0 Å². The minimum absolute atomic E-state index is 0.0530. The number of nitrogens with zero attached hydrogens (tertiary/aromatic N) is 1. The molecule has 36 heavy (non-hydrogen) atoms. The van der Waals surface area contributed by atoms with E-state index in [1.54, 1.807) is 41.3 Å². The minimum atomic E-state index is -0.769. The van der Waals surface area contributed by atoms with E-state index in [0.29, 0.717) is 38.6 Å². The molecule has 0 aliphatic heterocycles. The molecule has 3 aromatic rings. The molecule has 0 radical (unpaired) electrons. The van der Waals surface area contributed by atoms with Gasteiger partial charge in [-0.3, -0.25) is 9.59 Å². The molecule has 0 fully saturated rings. The van der Waals surface area contributed by atoms with Crippen molar-refractivity contribution in [2.24, 2.45) is 5.92 Å².